The number of hydrogen-bond acceptors (Lipinski definition) is 7. The molecule has 0 aliphatic carbocycles. The van der Waals surface area contributed by atoms with Gasteiger partial charge in [-0.2, -0.15) is 8.42 Å². The van der Waals surface area contributed by atoms with Gasteiger partial charge in [-0.25, -0.2) is 4.18 Å². The fourth-order valence-electron chi connectivity index (χ4n) is 2.71. The molecule has 1 unspecified atom stereocenters. The Bertz CT molecular complexity index is 773. The molecule has 1 aromatic rings. The van der Waals surface area contributed by atoms with Crippen LogP contribution < -0.4 is 0 Å². The first-order chi connectivity index (χ1) is 14.8. The standard InChI is InChI=1S/C21H37Cl2N2O6S/c1-18-7-9-19(10-8-18)32(26,27)31-20(17-21(2,3)24(22)23)25(4,5)11-12-29-15-16-30-14-13-28-6/h7-10,20H,11-17H2,1-6H3/q+1. The van der Waals surface area contributed by atoms with Crippen LogP contribution in [0.5, 0.6) is 0 Å². The molecule has 1 rings (SSSR count). The highest BCUT2D eigenvalue weighted by Crippen LogP contribution is 2.30. The smallest absolute Gasteiger partial charge is 0.301 e. The van der Waals surface area contributed by atoms with Crippen LogP contribution in [-0.2, 0) is 28.5 Å². The Morgan fingerprint density at radius 2 is 1.53 bits per heavy atom. The Balaban J connectivity index is 2.86. The number of aryl methyl sites for hydroxylation is 1. The molecule has 0 aromatic heterocycles. The van der Waals surface area contributed by atoms with Gasteiger partial charge in [0.1, 0.15) is 6.54 Å². The molecule has 0 saturated heterocycles. The molecule has 1 atom stereocenters. The quantitative estimate of drug-likeness (QED) is 0.109. The van der Waals surface area contributed by atoms with E-state index >= 15 is 0 Å². The number of halogens is 2. The molecule has 0 N–H and O–H groups in total. The monoisotopic (exact) mass is 515 g/mol. The lowest BCUT2D eigenvalue weighted by atomic mass is 10.00. The number of rotatable bonds is 16. The maximum Gasteiger partial charge on any atom is 0.301 e. The van der Waals surface area contributed by atoms with Crippen LogP contribution in [0.15, 0.2) is 29.2 Å². The second-order valence-corrected chi connectivity index (χ2v) is 11.2. The van der Waals surface area contributed by atoms with Crippen molar-refractivity contribution >= 4 is 33.7 Å². The van der Waals surface area contributed by atoms with E-state index in [0.29, 0.717) is 39.6 Å². The molecule has 0 heterocycles. The fourth-order valence-corrected chi connectivity index (χ4v) is 4.02. The third-order valence-corrected chi connectivity index (χ3v) is 7.31. The van der Waals surface area contributed by atoms with Crippen molar-refractivity contribution in [3.8, 4) is 0 Å². The first-order valence-corrected chi connectivity index (χ1v) is 12.5. The normalized spacial score (nSPS) is 14.2. The van der Waals surface area contributed by atoms with Crippen LogP contribution in [0.2, 0.25) is 0 Å². The Morgan fingerprint density at radius 1 is 1.00 bits per heavy atom. The van der Waals surface area contributed by atoms with E-state index in [2.05, 4.69) is 0 Å². The van der Waals surface area contributed by atoms with Crippen molar-refractivity contribution in [1.29, 1.82) is 0 Å². The summed E-state index contributed by atoms with van der Waals surface area (Å²) in [5.41, 5.74) is 0.225. The zero-order valence-electron chi connectivity index (χ0n) is 19.8. The van der Waals surface area contributed by atoms with Gasteiger partial charge < -0.3 is 18.7 Å². The summed E-state index contributed by atoms with van der Waals surface area (Å²) in [5.74, 6) is 0. The second kappa shape index (κ2) is 13.4. The first kappa shape index (κ1) is 29.5. The maximum absolute atomic E-state index is 13.0. The lowest BCUT2D eigenvalue weighted by Gasteiger charge is -2.40. The van der Waals surface area contributed by atoms with Gasteiger partial charge in [0.25, 0.3) is 0 Å². The highest BCUT2D eigenvalue weighted by molar-refractivity contribution is 7.86. The summed E-state index contributed by atoms with van der Waals surface area (Å²) in [6, 6.07) is 6.54. The maximum atomic E-state index is 13.0. The highest BCUT2D eigenvalue weighted by atomic mass is 35.5. The van der Waals surface area contributed by atoms with Crippen LogP contribution in [0.1, 0.15) is 25.8 Å². The number of ether oxygens (including phenoxy) is 3. The van der Waals surface area contributed by atoms with Crippen molar-refractivity contribution in [1.82, 2.24) is 3.94 Å². The van der Waals surface area contributed by atoms with Crippen LogP contribution in [0, 0.1) is 6.92 Å². The number of benzene rings is 1. The van der Waals surface area contributed by atoms with Crippen LogP contribution >= 0.6 is 23.6 Å². The molecule has 186 valence electrons. The van der Waals surface area contributed by atoms with Gasteiger partial charge in [-0.1, -0.05) is 17.7 Å². The second-order valence-electron chi connectivity index (χ2n) is 8.79. The SMILES string of the molecule is COCCOCCOCC[N+](C)(C)C(CC(C)(C)N(Cl)Cl)OS(=O)(=O)c1ccc(C)cc1. The van der Waals surface area contributed by atoms with Gasteiger partial charge in [-0.3, -0.25) is 0 Å². The third kappa shape index (κ3) is 10.2. The molecule has 8 nitrogen and oxygen atoms in total. The van der Waals surface area contributed by atoms with Gasteiger partial charge in [0.05, 0.1) is 57.6 Å². The molecule has 1 aromatic carbocycles. The first-order valence-electron chi connectivity index (χ1n) is 10.4. The molecule has 0 amide bonds. The molecular formula is C21H37Cl2N2O6S+. The van der Waals surface area contributed by atoms with Crippen molar-refractivity contribution < 1.29 is 31.3 Å². The van der Waals surface area contributed by atoms with Crippen LogP contribution in [0.4, 0.5) is 0 Å². The summed E-state index contributed by atoms with van der Waals surface area (Å²) in [7, 11) is 1.39. The van der Waals surface area contributed by atoms with Gasteiger partial charge in [-0.05, 0) is 56.5 Å². The van der Waals surface area contributed by atoms with Gasteiger partial charge in [0, 0.05) is 13.5 Å². The molecule has 0 aliphatic rings. The number of nitrogens with zero attached hydrogens (tertiary/aromatic N) is 2. The number of hydrogen-bond donors (Lipinski definition) is 0. The Labute approximate surface area is 203 Å². The van der Waals surface area contributed by atoms with Crippen LogP contribution in [-0.4, -0.2) is 89.4 Å². The van der Waals surface area contributed by atoms with Crippen molar-refractivity contribution in [2.75, 3.05) is 60.8 Å². The Kier molecular flexibility index (Phi) is 12.4. The topological polar surface area (TPSA) is 74.3 Å². The van der Waals surface area contributed by atoms with E-state index in [0.717, 1.165) is 9.50 Å². The zero-order chi connectivity index (χ0) is 24.4. The minimum absolute atomic E-state index is 0.101. The van der Waals surface area contributed by atoms with Crippen LogP contribution in [0.3, 0.4) is 0 Å². The summed E-state index contributed by atoms with van der Waals surface area (Å²) < 4.78 is 48.9. The molecule has 11 heteroatoms. The fraction of sp³-hybridized carbons (Fsp3) is 0.714. The minimum atomic E-state index is -4.00. The van der Waals surface area contributed by atoms with Crippen LogP contribution in [0.25, 0.3) is 0 Å². The van der Waals surface area contributed by atoms with Gasteiger partial charge in [0.15, 0.2) is 0 Å². The molecular weight excluding hydrogens is 479 g/mol. The highest BCUT2D eigenvalue weighted by Gasteiger charge is 2.41. The average Bonchev–Trinajstić information content (AvgIpc) is 2.69. The summed E-state index contributed by atoms with van der Waals surface area (Å²) >= 11 is 12.0. The lowest BCUT2D eigenvalue weighted by Crippen LogP contribution is -2.55. The number of methoxy groups -OCH3 is 1. The van der Waals surface area contributed by atoms with Gasteiger partial charge >= 0.3 is 10.1 Å². The number of quaternary nitrogens is 1. The molecule has 0 bridgehead atoms. The summed E-state index contributed by atoms with van der Waals surface area (Å²) in [6.07, 6.45) is -0.490. The Hall–Kier alpha value is -0.490. The van der Waals surface area contributed by atoms with E-state index in [9.17, 15) is 8.42 Å². The molecule has 0 radical (unpaired) electrons. The largest absolute Gasteiger partial charge is 0.382 e. The number of likely N-dealkylation sites (N-methyl/N-ethyl adjacent to an activating group) is 1. The van der Waals surface area contributed by atoms with Gasteiger partial charge in [0.2, 0.25) is 6.23 Å². The Morgan fingerprint density at radius 3 is 2.06 bits per heavy atom. The zero-order valence-corrected chi connectivity index (χ0v) is 22.2. The molecule has 0 fully saturated rings. The summed E-state index contributed by atoms with van der Waals surface area (Å²) in [6.45, 7) is 8.36. The molecule has 0 aliphatic heterocycles. The van der Waals surface area contributed by atoms with Crippen molar-refractivity contribution in [3.05, 3.63) is 29.8 Å². The predicted molar refractivity (Wildman–Crippen MR) is 126 cm³/mol. The minimum Gasteiger partial charge on any atom is -0.382 e. The van der Waals surface area contributed by atoms with E-state index in [1.54, 1.807) is 19.2 Å². The lowest BCUT2D eigenvalue weighted by molar-refractivity contribution is -0.934. The van der Waals surface area contributed by atoms with E-state index in [-0.39, 0.29) is 15.8 Å². The summed E-state index contributed by atoms with van der Waals surface area (Å²) in [5, 5.41) is 0. The molecule has 0 spiro atoms. The average molecular weight is 517 g/mol. The van der Waals surface area contributed by atoms with E-state index in [1.165, 1.54) is 12.1 Å². The molecule has 0 saturated carbocycles. The van der Waals surface area contributed by atoms with Crippen molar-refractivity contribution in [2.45, 2.75) is 43.9 Å². The van der Waals surface area contributed by atoms with E-state index in [4.69, 9.17) is 41.9 Å². The predicted octanol–water partition coefficient (Wildman–Crippen LogP) is 3.56. The van der Waals surface area contributed by atoms with E-state index < -0.39 is 21.9 Å². The molecule has 32 heavy (non-hydrogen) atoms. The van der Waals surface area contributed by atoms with Crippen molar-refractivity contribution in [2.24, 2.45) is 0 Å². The van der Waals surface area contributed by atoms with Gasteiger partial charge in [-0.15, -0.1) is 3.94 Å². The third-order valence-electron chi connectivity index (χ3n) is 5.07. The van der Waals surface area contributed by atoms with E-state index in [1.807, 2.05) is 34.9 Å². The summed E-state index contributed by atoms with van der Waals surface area (Å²) in [4.78, 5) is 0.101. The van der Waals surface area contributed by atoms with Crippen molar-refractivity contribution in [3.63, 3.8) is 0 Å².